The van der Waals surface area contributed by atoms with E-state index in [0.29, 0.717) is 6.61 Å². The van der Waals surface area contributed by atoms with Crippen LogP contribution >= 0.6 is 0 Å². The first kappa shape index (κ1) is 11.7. The molecular weight excluding hydrogens is 192 g/mol. The average molecular weight is 208 g/mol. The van der Waals surface area contributed by atoms with E-state index in [-0.39, 0.29) is 12.7 Å². The molecule has 0 radical (unpaired) electrons. The Morgan fingerprint density at radius 3 is 2.60 bits per heavy atom. The highest BCUT2D eigenvalue weighted by atomic mass is 16.6. The summed E-state index contributed by atoms with van der Waals surface area (Å²) < 4.78 is 10.3. The van der Waals surface area contributed by atoms with Crippen LogP contribution in [0.4, 0.5) is 0 Å². The fourth-order valence-corrected chi connectivity index (χ4v) is 1.27. The lowest BCUT2D eigenvalue weighted by molar-refractivity contribution is -0.139. The van der Waals surface area contributed by atoms with Crippen molar-refractivity contribution in [2.75, 3.05) is 13.2 Å². The molecule has 82 valence electrons. The van der Waals surface area contributed by atoms with E-state index in [1.54, 1.807) is 0 Å². The largest absolute Gasteiger partial charge is 0.460 e. The van der Waals surface area contributed by atoms with Crippen molar-refractivity contribution in [3.05, 3.63) is 37.0 Å². The molecule has 0 aromatic carbocycles. The molecule has 0 aromatic rings. The molecule has 0 aromatic heterocycles. The molecule has 1 aliphatic carbocycles. The smallest absolute Gasteiger partial charge is 0.330 e. The van der Waals surface area contributed by atoms with Crippen LogP contribution in [-0.4, -0.2) is 25.3 Å². The Hall–Kier alpha value is -1.35. The van der Waals surface area contributed by atoms with E-state index in [1.165, 1.54) is 0 Å². The van der Waals surface area contributed by atoms with Gasteiger partial charge in [0, 0.05) is 6.08 Å². The summed E-state index contributed by atoms with van der Waals surface area (Å²) in [5.41, 5.74) is 0. The molecule has 0 N–H and O–H groups in total. The zero-order valence-corrected chi connectivity index (χ0v) is 8.72. The number of carbonyl (C=O) groups excluding carboxylic acids is 1. The third kappa shape index (κ3) is 5.18. The van der Waals surface area contributed by atoms with Crippen LogP contribution in [0.25, 0.3) is 0 Å². The van der Waals surface area contributed by atoms with Crippen molar-refractivity contribution >= 4 is 5.97 Å². The molecule has 15 heavy (non-hydrogen) atoms. The monoisotopic (exact) mass is 208 g/mol. The van der Waals surface area contributed by atoms with Crippen LogP contribution in [0.2, 0.25) is 0 Å². The van der Waals surface area contributed by atoms with Gasteiger partial charge in [-0.05, 0) is 12.8 Å². The molecular formula is C12H16O3. The van der Waals surface area contributed by atoms with Gasteiger partial charge in [0.05, 0.1) is 12.7 Å². The summed E-state index contributed by atoms with van der Waals surface area (Å²) in [6, 6.07) is 0. The number of carbonyl (C=O) groups is 1. The van der Waals surface area contributed by atoms with Crippen LogP contribution in [0, 0.1) is 0 Å². The van der Waals surface area contributed by atoms with Crippen molar-refractivity contribution in [3.63, 3.8) is 0 Å². The van der Waals surface area contributed by atoms with Crippen LogP contribution in [0.15, 0.2) is 37.0 Å². The molecule has 0 unspecified atom stereocenters. The molecule has 0 saturated heterocycles. The van der Waals surface area contributed by atoms with Crippen LogP contribution in [0.5, 0.6) is 0 Å². The van der Waals surface area contributed by atoms with E-state index < -0.39 is 5.97 Å². The molecule has 0 atom stereocenters. The first-order valence-electron chi connectivity index (χ1n) is 5.05. The zero-order valence-electron chi connectivity index (χ0n) is 8.72. The second kappa shape index (κ2) is 7.01. The maximum absolute atomic E-state index is 10.7. The van der Waals surface area contributed by atoms with E-state index in [9.17, 15) is 4.79 Å². The lowest BCUT2D eigenvalue weighted by atomic mass is 10.2. The van der Waals surface area contributed by atoms with Gasteiger partial charge >= 0.3 is 5.97 Å². The standard InChI is InChI=1S/C12H16O3/c1-2-12(13)15-10-9-14-11-7-5-3-4-6-8-11/h2-6,11H,1,7-10H2. The lowest BCUT2D eigenvalue weighted by Gasteiger charge is -2.13. The number of ether oxygens (including phenoxy) is 2. The molecule has 0 spiro atoms. The second-order valence-electron chi connectivity index (χ2n) is 3.19. The van der Waals surface area contributed by atoms with Crippen LogP contribution in [-0.2, 0) is 14.3 Å². The Kier molecular flexibility index (Phi) is 5.48. The van der Waals surface area contributed by atoms with Gasteiger partial charge in [0.25, 0.3) is 0 Å². The average Bonchev–Trinajstić information content (AvgIpc) is 2.52. The van der Waals surface area contributed by atoms with Crippen LogP contribution in [0.1, 0.15) is 12.8 Å². The summed E-state index contributed by atoms with van der Waals surface area (Å²) >= 11 is 0. The summed E-state index contributed by atoms with van der Waals surface area (Å²) in [7, 11) is 0. The van der Waals surface area contributed by atoms with Gasteiger partial charge in [0.15, 0.2) is 0 Å². The molecule has 0 saturated carbocycles. The van der Waals surface area contributed by atoms with Crippen molar-refractivity contribution < 1.29 is 14.3 Å². The molecule has 0 fully saturated rings. The SMILES string of the molecule is C=CC(=O)OCCOC1CC=CC=CC1. The van der Waals surface area contributed by atoms with E-state index in [0.717, 1.165) is 18.9 Å². The maximum Gasteiger partial charge on any atom is 0.330 e. The minimum atomic E-state index is -0.403. The summed E-state index contributed by atoms with van der Waals surface area (Å²) in [6.07, 6.45) is 11.3. The van der Waals surface area contributed by atoms with Crippen molar-refractivity contribution in [3.8, 4) is 0 Å². The summed E-state index contributed by atoms with van der Waals surface area (Å²) in [6.45, 7) is 4.03. The van der Waals surface area contributed by atoms with Gasteiger partial charge < -0.3 is 9.47 Å². The predicted molar refractivity (Wildman–Crippen MR) is 58.4 cm³/mol. The van der Waals surface area contributed by atoms with E-state index in [1.807, 2.05) is 12.2 Å². The van der Waals surface area contributed by atoms with Gasteiger partial charge in [0.2, 0.25) is 0 Å². The third-order valence-electron chi connectivity index (χ3n) is 2.03. The number of rotatable bonds is 5. The third-order valence-corrected chi connectivity index (χ3v) is 2.03. The fraction of sp³-hybridized carbons (Fsp3) is 0.417. The highest BCUT2D eigenvalue weighted by Crippen LogP contribution is 2.09. The number of esters is 1. The van der Waals surface area contributed by atoms with Crippen LogP contribution < -0.4 is 0 Å². The van der Waals surface area contributed by atoms with Gasteiger partial charge in [-0.2, -0.15) is 0 Å². The molecule has 1 aliphatic rings. The lowest BCUT2D eigenvalue weighted by Crippen LogP contribution is -2.16. The van der Waals surface area contributed by atoms with E-state index >= 15 is 0 Å². The molecule has 3 heteroatoms. The molecule has 0 amide bonds. The predicted octanol–water partition coefficient (Wildman–Crippen LogP) is 2.01. The highest BCUT2D eigenvalue weighted by Gasteiger charge is 2.06. The van der Waals surface area contributed by atoms with E-state index in [4.69, 9.17) is 9.47 Å². The Labute approximate surface area is 90.1 Å². The van der Waals surface area contributed by atoms with Gasteiger partial charge in [-0.1, -0.05) is 30.9 Å². The summed E-state index contributed by atoms with van der Waals surface area (Å²) in [5.74, 6) is -0.403. The van der Waals surface area contributed by atoms with Crippen molar-refractivity contribution in [2.45, 2.75) is 18.9 Å². The van der Waals surface area contributed by atoms with Crippen molar-refractivity contribution in [1.29, 1.82) is 0 Å². The normalized spacial score (nSPS) is 16.0. The summed E-state index contributed by atoms with van der Waals surface area (Å²) in [5, 5.41) is 0. The number of hydrogen-bond acceptors (Lipinski definition) is 3. The Bertz CT molecular complexity index is 252. The zero-order chi connectivity index (χ0) is 10.9. The minimum absolute atomic E-state index is 0.197. The van der Waals surface area contributed by atoms with Crippen molar-refractivity contribution in [2.24, 2.45) is 0 Å². The molecule has 0 heterocycles. The maximum atomic E-state index is 10.7. The molecule has 0 aliphatic heterocycles. The van der Waals surface area contributed by atoms with Crippen LogP contribution in [0.3, 0.4) is 0 Å². The topological polar surface area (TPSA) is 35.5 Å². The summed E-state index contributed by atoms with van der Waals surface area (Å²) in [4.78, 5) is 10.7. The van der Waals surface area contributed by atoms with E-state index in [2.05, 4.69) is 18.7 Å². The molecule has 1 rings (SSSR count). The highest BCUT2D eigenvalue weighted by molar-refractivity contribution is 5.81. The van der Waals surface area contributed by atoms with Crippen molar-refractivity contribution in [1.82, 2.24) is 0 Å². The number of hydrogen-bond donors (Lipinski definition) is 0. The second-order valence-corrected chi connectivity index (χ2v) is 3.19. The first-order valence-corrected chi connectivity index (χ1v) is 5.05. The van der Waals surface area contributed by atoms with Gasteiger partial charge in [-0.3, -0.25) is 0 Å². The quantitative estimate of drug-likeness (QED) is 0.394. The molecule has 0 bridgehead atoms. The Morgan fingerprint density at radius 2 is 2.00 bits per heavy atom. The van der Waals surface area contributed by atoms with Gasteiger partial charge in [0.1, 0.15) is 6.61 Å². The van der Waals surface area contributed by atoms with Gasteiger partial charge in [-0.15, -0.1) is 0 Å². The Morgan fingerprint density at radius 1 is 1.33 bits per heavy atom. The first-order chi connectivity index (χ1) is 7.33. The molecule has 3 nitrogen and oxygen atoms in total. The van der Waals surface area contributed by atoms with Gasteiger partial charge in [-0.25, -0.2) is 4.79 Å². The number of allylic oxidation sites excluding steroid dienone is 2. The fourth-order valence-electron chi connectivity index (χ4n) is 1.27. The Balaban J connectivity index is 2.09. The minimum Gasteiger partial charge on any atom is -0.460 e.